The molecule has 190 valence electrons. The van der Waals surface area contributed by atoms with E-state index in [1.807, 2.05) is 30.3 Å². The highest BCUT2D eigenvalue weighted by Crippen LogP contribution is 2.22. The molecule has 0 unspecified atom stereocenters. The minimum atomic E-state index is -1.12. The van der Waals surface area contributed by atoms with E-state index >= 15 is 0 Å². The van der Waals surface area contributed by atoms with Crippen LogP contribution in [0.25, 0.3) is 4.96 Å². The molecule has 0 aliphatic carbocycles. The van der Waals surface area contributed by atoms with Crippen LogP contribution in [0.1, 0.15) is 44.4 Å². The van der Waals surface area contributed by atoms with Gasteiger partial charge in [0.05, 0.1) is 31.0 Å². The minimum absolute atomic E-state index is 0. The topological polar surface area (TPSA) is 176 Å². The van der Waals surface area contributed by atoms with Gasteiger partial charge < -0.3 is 31.6 Å². The average Bonchev–Trinajstić information content (AvgIpc) is 3.38. The lowest BCUT2D eigenvalue weighted by molar-refractivity contribution is -0.126. The van der Waals surface area contributed by atoms with Crippen molar-refractivity contribution in [1.29, 1.82) is 0 Å². The molecule has 0 spiro atoms. The van der Waals surface area contributed by atoms with Gasteiger partial charge in [0, 0.05) is 5.38 Å². The van der Waals surface area contributed by atoms with Gasteiger partial charge in [-0.1, -0.05) is 37.8 Å². The number of nitrogens with two attached hydrogens (primary N) is 2. The van der Waals surface area contributed by atoms with E-state index in [0.717, 1.165) is 5.56 Å². The molecule has 3 amide bonds. The van der Waals surface area contributed by atoms with Crippen LogP contribution in [0.4, 0.5) is 4.79 Å². The zero-order chi connectivity index (χ0) is 24.7. The molecule has 3 aromatic rings. The van der Waals surface area contributed by atoms with Gasteiger partial charge in [-0.2, -0.15) is 0 Å². The van der Waals surface area contributed by atoms with Crippen molar-refractivity contribution >= 4 is 34.2 Å². The third-order valence-electron chi connectivity index (χ3n) is 4.60. The summed E-state index contributed by atoms with van der Waals surface area (Å²) in [5.41, 5.74) is 11.4. The number of hydrogen-bond donors (Lipinski definition) is 4. The maximum absolute atomic E-state index is 12.6. The molecule has 2 aromatic heterocycles. The van der Waals surface area contributed by atoms with Crippen molar-refractivity contribution in [1.82, 2.24) is 25.2 Å². The second-order valence-electron chi connectivity index (χ2n) is 8.05. The van der Waals surface area contributed by atoms with Crippen LogP contribution in [0.15, 0.2) is 35.7 Å². The van der Waals surface area contributed by atoms with Crippen LogP contribution in [0.3, 0.4) is 0 Å². The molecule has 1 atom stereocenters. The largest absolute Gasteiger partial charge is 0.443 e. The number of alkyl carbamates (subject to hydrolysis) is 1. The Morgan fingerprint density at radius 1 is 1.17 bits per heavy atom. The summed E-state index contributed by atoms with van der Waals surface area (Å²) in [5.74, 6) is -0.678. The fourth-order valence-electron chi connectivity index (χ4n) is 2.87. The molecule has 6 N–H and O–H groups in total. The minimum Gasteiger partial charge on any atom is -0.443 e. The predicted molar refractivity (Wildman–Crippen MR) is 130 cm³/mol. The van der Waals surface area contributed by atoms with E-state index in [-0.39, 0.29) is 27.2 Å². The van der Waals surface area contributed by atoms with Crippen LogP contribution in [-0.2, 0) is 32.3 Å². The number of rotatable bonds is 11. The van der Waals surface area contributed by atoms with Gasteiger partial charge in [0.15, 0.2) is 5.82 Å². The lowest BCUT2D eigenvalue weighted by atomic mass is 10.1. The Bertz CT molecular complexity index is 1140. The third-order valence-corrected chi connectivity index (χ3v) is 5.47. The molecule has 0 saturated heterocycles. The zero-order valence-electron chi connectivity index (χ0n) is 18.8. The molecule has 0 aliphatic heterocycles. The molecule has 0 fully saturated rings. The Kier molecular flexibility index (Phi) is 9.68. The number of ether oxygens (including phenoxy) is 2. The molecule has 2 heterocycles. The molecule has 1 aromatic carbocycles. The lowest BCUT2D eigenvalue weighted by Gasteiger charge is -2.23. The van der Waals surface area contributed by atoms with Crippen LogP contribution in [0.5, 0.6) is 0 Å². The van der Waals surface area contributed by atoms with Crippen molar-refractivity contribution in [2.75, 3.05) is 13.2 Å². The fraction of sp³-hybridized carbons (Fsp3) is 0.409. The van der Waals surface area contributed by atoms with Crippen LogP contribution in [0.2, 0.25) is 0 Å². The highest BCUT2D eigenvalue weighted by atomic mass is 32.1. The molecule has 0 radical (unpaired) electrons. The Balaban J connectivity index is 0.00000432. The zero-order valence-corrected chi connectivity index (χ0v) is 19.6. The van der Waals surface area contributed by atoms with Crippen molar-refractivity contribution < 1.29 is 23.9 Å². The number of fused-ring (bicyclic) bond motifs is 1. The van der Waals surface area contributed by atoms with E-state index in [1.165, 1.54) is 11.3 Å². The van der Waals surface area contributed by atoms with Gasteiger partial charge in [-0.3, -0.25) is 14.0 Å². The van der Waals surface area contributed by atoms with Gasteiger partial charge in [0.25, 0.3) is 0 Å². The normalized spacial score (nSPS) is 12.0. The maximum atomic E-state index is 12.6. The first-order valence-corrected chi connectivity index (χ1v) is 11.2. The van der Waals surface area contributed by atoms with Crippen LogP contribution in [-0.4, -0.2) is 51.2 Å². The fourth-order valence-corrected chi connectivity index (χ4v) is 3.69. The summed E-state index contributed by atoms with van der Waals surface area (Å²) in [6, 6.07) is 8.93. The molecule has 0 aliphatic rings. The molecule has 12 nitrogen and oxygen atoms in total. The highest BCUT2D eigenvalue weighted by Gasteiger charge is 2.29. The summed E-state index contributed by atoms with van der Waals surface area (Å²) in [7, 11) is 0. The van der Waals surface area contributed by atoms with E-state index < -0.39 is 29.5 Å². The summed E-state index contributed by atoms with van der Waals surface area (Å²) in [5, 5.41) is 15.3. The van der Waals surface area contributed by atoms with Gasteiger partial charge in [0.2, 0.25) is 16.8 Å². The Labute approximate surface area is 207 Å². The quantitative estimate of drug-likeness (QED) is 0.301. The van der Waals surface area contributed by atoms with Crippen molar-refractivity contribution in [3.05, 3.63) is 52.8 Å². The summed E-state index contributed by atoms with van der Waals surface area (Å²) >= 11 is 1.29. The molecule has 0 saturated carbocycles. The number of nitrogens with one attached hydrogen (secondary N) is 2. The number of primary amides is 1. The van der Waals surface area contributed by atoms with Gasteiger partial charge >= 0.3 is 6.09 Å². The Morgan fingerprint density at radius 2 is 1.89 bits per heavy atom. The smallest absolute Gasteiger partial charge is 0.407 e. The monoisotopic (exact) mass is 505 g/mol. The Morgan fingerprint density at radius 3 is 2.54 bits per heavy atom. The maximum Gasteiger partial charge on any atom is 0.407 e. The first kappa shape index (κ1) is 27.7. The number of thiazole rings is 1. The van der Waals surface area contributed by atoms with E-state index in [4.69, 9.17) is 20.9 Å². The second-order valence-corrected chi connectivity index (χ2v) is 8.88. The van der Waals surface area contributed by atoms with Gasteiger partial charge in [-0.25, -0.2) is 4.79 Å². The van der Waals surface area contributed by atoms with Crippen molar-refractivity contribution in [3.8, 4) is 0 Å². The van der Waals surface area contributed by atoms with Crippen molar-refractivity contribution in [2.24, 2.45) is 11.5 Å². The summed E-state index contributed by atoms with van der Waals surface area (Å²) in [6.45, 7) is 3.17. The third kappa shape index (κ3) is 7.73. The molecule has 13 heteroatoms. The SMILES string of the molecule is C.CC(C)(N)C(=O)N[C@H](COCc1ccccc1)c1nnc2scc(COC(=O)NCC(N)=O)n12. The first-order valence-electron chi connectivity index (χ1n) is 10.4. The number of carbonyl (C=O) groups excluding carboxylic acids is 3. The predicted octanol–water partition coefficient (Wildman–Crippen LogP) is 1.25. The Hall–Kier alpha value is -3.55. The average molecular weight is 506 g/mol. The van der Waals surface area contributed by atoms with E-state index in [0.29, 0.717) is 23.1 Å². The van der Waals surface area contributed by atoms with Gasteiger partial charge in [-0.05, 0) is 19.4 Å². The number of aromatic nitrogens is 3. The van der Waals surface area contributed by atoms with Gasteiger partial charge in [-0.15, -0.1) is 21.5 Å². The van der Waals surface area contributed by atoms with E-state index in [9.17, 15) is 14.4 Å². The van der Waals surface area contributed by atoms with Crippen LogP contribution in [0, 0.1) is 0 Å². The summed E-state index contributed by atoms with van der Waals surface area (Å²) in [6.07, 6.45) is -0.797. The molecular formula is C22H31N7O5S. The second kappa shape index (κ2) is 12.2. The summed E-state index contributed by atoms with van der Waals surface area (Å²) in [4.78, 5) is 35.8. The molecule has 35 heavy (non-hydrogen) atoms. The number of benzene rings is 1. The van der Waals surface area contributed by atoms with Crippen LogP contribution < -0.4 is 22.1 Å². The number of hydrogen-bond acceptors (Lipinski definition) is 9. The summed E-state index contributed by atoms with van der Waals surface area (Å²) < 4.78 is 12.7. The number of amides is 3. The lowest BCUT2D eigenvalue weighted by Crippen LogP contribution is -2.51. The van der Waals surface area contributed by atoms with Crippen molar-refractivity contribution in [3.63, 3.8) is 0 Å². The van der Waals surface area contributed by atoms with E-state index in [2.05, 4.69) is 20.8 Å². The van der Waals surface area contributed by atoms with E-state index in [1.54, 1.807) is 23.6 Å². The highest BCUT2D eigenvalue weighted by molar-refractivity contribution is 7.15. The number of nitrogens with zero attached hydrogens (tertiary/aromatic N) is 3. The number of carbonyl (C=O) groups is 3. The standard InChI is InChI=1S/C21H27N7O5S.CH4/c1-21(2,23)18(30)25-15(11-32-9-13-6-4-3-5-7-13)17-26-27-19-28(17)14(12-34-19)10-33-20(31)24-8-16(22)29;/h3-7,12,15H,8-11,23H2,1-2H3,(H2,22,29)(H,24,31)(H,25,30);1H4/t15-;/m1./s1. The van der Waals surface area contributed by atoms with Gasteiger partial charge in [0.1, 0.15) is 12.6 Å². The van der Waals surface area contributed by atoms with Crippen LogP contribution >= 0.6 is 11.3 Å². The molecule has 3 rings (SSSR count). The molecule has 0 bridgehead atoms. The first-order chi connectivity index (χ1) is 16.1. The molecular weight excluding hydrogens is 474 g/mol. The van der Waals surface area contributed by atoms with Crippen molar-refractivity contribution in [2.45, 2.75) is 46.1 Å².